The van der Waals surface area contributed by atoms with Gasteiger partial charge in [0.1, 0.15) is 11.5 Å². The van der Waals surface area contributed by atoms with E-state index in [9.17, 15) is 27.2 Å². The number of benzene rings is 1. The van der Waals surface area contributed by atoms with Gasteiger partial charge in [0.25, 0.3) is 11.8 Å². The lowest BCUT2D eigenvalue weighted by Gasteiger charge is -2.28. The number of nitrogens with zero attached hydrogens (tertiary/aromatic N) is 5. The highest BCUT2D eigenvalue weighted by atomic mass is 32.1. The Labute approximate surface area is 176 Å². The molecule has 3 aromatic rings. The predicted molar refractivity (Wildman–Crippen MR) is 101 cm³/mol. The van der Waals surface area contributed by atoms with Crippen LogP contribution in [0.2, 0.25) is 0 Å². The highest BCUT2D eigenvalue weighted by Crippen LogP contribution is 2.33. The summed E-state index contributed by atoms with van der Waals surface area (Å²) in [7, 11) is 0. The fraction of sp³-hybridized carbons (Fsp3) is 0.278. The highest BCUT2D eigenvalue weighted by molar-refractivity contribution is 7.15. The van der Waals surface area contributed by atoms with Crippen molar-refractivity contribution in [1.82, 2.24) is 24.9 Å². The first kappa shape index (κ1) is 20.9. The lowest BCUT2D eigenvalue weighted by atomic mass is 10.1. The summed E-state index contributed by atoms with van der Waals surface area (Å²) in [5.74, 6) is -1.66. The van der Waals surface area contributed by atoms with Gasteiger partial charge in [0.15, 0.2) is 5.69 Å². The number of aromatic nitrogens is 4. The largest absolute Gasteiger partial charge is 0.445 e. The van der Waals surface area contributed by atoms with E-state index in [0.29, 0.717) is 5.56 Å². The Morgan fingerprint density at radius 1 is 1.23 bits per heavy atom. The maximum absolute atomic E-state index is 14.0. The SMILES string of the molecule is Cc1c(C(=O)Nc2nnc(C(F)(F)F)s2)nn2c1C(=O)N(Cc1ccccc1F)CC2. The molecule has 1 N–H and O–H groups in total. The molecule has 1 aliphatic heterocycles. The van der Waals surface area contributed by atoms with E-state index < -0.39 is 28.8 Å². The molecule has 4 rings (SSSR count). The maximum Gasteiger partial charge on any atom is 0.445 e. The molecule has 0 saturated heterocycles. The number of carbonyl (C=O) groups excluding carboxylic acids is 2. The standard InChI is InChI=1S/C18H14F4N6O2S/c1-9-12(14(29)23-17-25-24-16(31-17)18(20,21)22)26-28-7-6-27(15(30)13(9)28)8-10-4-2-3-5-11(10)19/h2-5H,6-8H2,1H3,(H,23,25,29). The molecule has 0 atom stereocenters. The van der Waals surface area contributed by atoms with E-state index in [4.69, 9.17) is 0 Å². The molecule has 162 valence electrons. The summed E-state index contributed by atoms with van der Waals surface area (Å²) < 4.78 is 53.3. The Morgan fingerprint density at radius 2 is 1.97 bits per heavy atom. The zero-order chi connectivity index (χ0) is 22.3. The Kier molecular flexibility index (Phi) is 5.21. The van der Waals surface area contributed by atoms with Crippen molar-refractivity contribution < 1.29 is 27.2 Å². The number of nitrogens with one attached hydrogen (secondary N) is 1. The Balaban J connectivity index is 1.54. The van der Waals surface area contributed by atoms with E-state index >= 15 is 0 Å². The summed E-state index contributed by atoms with van der Waals surface area (Å²) in [6, 6.07) is 6.11. The van der Waals surface area contributed by atoms with Crippen molar-refractivity contribution in [3.8, 4) is 0 Å². The highest BCUT2D eigenvalue weighted by Gasteiger charge is 2.36. The van der Waals surface area contributed by atoms with Crippen LogP contribution in [0.5, 0.6) is 0 Å². The Hall–Kier alpha value is -3.35. The molecule has 13 heteroatoms. The van der Waals surface area contributed by atoms with E-state index in [1.54, 1.807) is 18.2 Å². The van der Waals surface area contributed by atoms with Crippen LogP contribution in [0.1, 0.15) is 37.1 Å². The molecule has 3 heterocycles. The number of hydrogen-bond donors (Lipinski definition) is 1. The summed E-state index contributed by atoms with van der Waals surface area (Å²) in [6.45, 7) is 2.11. The minimum atomic E-state index is -4.67. The molecule has 0 fully saturated rings. The van der Waals surface area contributed by atoms with E-state index in [-0.39, 0.29) is 53.1 Å². The third kappa shape index (κ3) is 4.00. The predicted octanol–water partition coefficient (Wildman–Crippen LogP) is 3.11. The van der Waals surface area contributed by atoms with Crippen LogP contribution in [-0.4, -0.2) is 43.2 Å². The van der Waals surface area contributed by atoms with Crippen LogP contribution >= 0.6 is 11.3 Å². The molecule has 1 aliphatic rings. The second-order valence-corrected chi connectivity index (χ2v) is 7.71. The smallest absolute Gasteiger partial charge is 0.331 e. The number of fused-ring (bicyclic) bond motifs is 1. The van der Waals surface area contributed by atoms with Crippen LogP contribution in [0.4, 0.5) is 22.7 Å². The molecule has 0 bridgehead atoms. The van der Waals surface area contributed by atoms with Gasteiger partial charge in [-0.15, -0.1) is 10.2 Å². The van der Waals surface area contributed by atoms with Gasteiger partial charge in [0.05, 0.1) is 6.54 Å². The molecule has 2 amide bonds. The number of hydrogen-bond acceptors (Lipinski definition) is 6. The van der Waals surface area contributed by atoms with Crippen LogP contribution in [0, 0.1) is 12.7 Å². The fourth-order valence-electron chi connectivity index (χ4n) is 3.19. The van der Waals surface area contributed by atoms with E-state index in [1.165, 1.54) is 22.6 Å². The fourth-order valence-corrected chi connectivity index (χ4v) is 3.80. The molecule has 0 aliphatic carbocycles. The quantitative estimate of drug-likeness (QED) is 0.612. The summed E-state index contributed by atoms with van der Waals surface area (Å²) in [6.07, 6.45) is -4.67. The van der Waals surface area contributed by atoms with E-state index in [1.807, 2.05) is 0 Å². The van der Waals surface area contributed by atoms with Crippen molar-refractivity contribution in [2.24, 2.45) is 0 Å². The number of anilines is 1. The van der Waals surface area contributed by atoms with Crippen LogP contribution in [0.25, 0.3) is 0 Å². The van der Waals surface area contributed by atoms with Gasteiger partial charge in [-0.2, -0.15) is 18.3 Å². The molecule has 0 unspecified atom stereocenters. The minimum absolute atomic E-state index is 0.0582. The van der Waals surface area contributed by atoms with Crippen LogP contribution in [0.3, 0.4) is 0 Å². The first-order chi connectivity index (χ1) is 14.6. The molecule has 0 spiro atoms. The lowest BCUT2D eigenvalue weighted by Crippen LogP contribution is -2.40. The van der Waals surface area contributed by atoms with Crippen LogP contribution in [-0.2, 0) is 19.3 Å². The molecule has 8 nitrogen and oxygen atoms in total. The monoisotopic (exact) mass is 454 g/mol. The summed E-state index contributed by atoms with van der Waals surface area (Å²) in [4.78, 5) is 26.9. The van der Waals surface area contributed by atoms with Crippen molar-refractivity contribution in [3.05, 3.63) is 57.6 Å². The van der Waals surface area contributed by atoms with Crippen molar-refractivity contribution in [1.29, 1.82) is 0 Å². The van der Waals surface area contributed by atoms with Gasteiger partial charge in [0.2, 0.25) is 10.1 Å². The Bertz CT molecular complexity index is 1170. The third-order valence-corrected chi connectivity index (χ3v) is 5.57. The maximum atomic E-state index is 14.0. The van der Waals surface area contributed by atoms with Crippen molar-refractivity contribution in [3.63, 3.8) is 0 Å². The summed E-state index contributed by atoms with van der Waals surface area (Å²) in [5, 5.41) is 11.1. The molecular weight excluding hydrogens is 440 g/mol. The number of amides is 2. The Morgan fingerprint density at radius 3 is 2.65 bits per heavy atom. The number of halogens is 4. The van der Waals surface area contributed by atoms with Gasteiger partial charge in [-0.25, -0.2) is 4.39 Å². The second kappa shape index (κ2) is 7.72. The molecule has 0 radical (unpaired) electrons. The zero-order valence-corrected chi connectivity index (χ0v) is 16.7. The second-order valence-electron chi connectivity index (χ2n) is 6.73. The molecular formula is C18H14F4N6O2S. The first-order valence-electron chi connectivity index (χ1n) is 8.97. The number of carbonyl (C=O) groups is 2. The normalized spacial score (nSPS) is 14.0. The molecule has 1 aromatic carbocycles. The van der Waals surface area contributed by atoms with E-state index in [0.717, 1.165) is 0 Å². The van der Waals surface area contributed by atoms with E-state index in [2.05, 4.69) is 20.6 Å². The molecule has 0 saturated carbocycles. The molecule has 31 heavy (non-hydrogen) atoms. The topological polar surface area (TPSA) is 93.0 Å². The van der Waals surface area contributed by atoms with Gasteiger partial charge >= 0.3 is 6.18 Å². The summed E-state index contributed by atoms with van der Waals surface area (Å²) in [5.41, 5.74) is 0.679. The summed E-state index contributed by atoms with van der Waals surface area (Å²) >= 11 is 0.183. The van der Waals surface area contributed by atoms with Gasteiger partial charge in [-0.1, -0.05) is 29.5 Å². The number of alkyl halides is 3. The van der Waals surface area contributed by atoms with Gasteiger partial charge in [-0.05, 0) is 13.0 Å². The average Bonchev–Trinajstić information content (AvgIpc) is 3.30. The average molecular weight is 454 g/mol. The molecule has 2 aromatic heterocycles. The van der Waals surface area contributed by atoms with Crippen LogP contribution in [0.15, 0.2) is 24.3 Å². The van der Waals surface area contributed by atoms with Gasteiger partial charge in [0, 0.05) is 24.2 Å². The van der Waals surface area contributed by atoms with Crippen molar-refractivity contribution in [2.45, 2.75) is 26.2 Å². The minimum Gasteiger partial charge on any atom is -0.331 e. The zero-order valence-electron chi connectivity index (χ0n) is 15.9. The lowest BCUT2D eigenvalue weighted by molar-refractivity contribution is -0.138. The van der Waals surface area contributed by atoms with Crippen LogP contribution < -0.4 is 5.32 Å². The third-order valence-electron chi connectivity index (χ3n) is 4.68. The van der Waals surface area contributed by atoms with Gasteiger partial charge in [-0.3, -0.25) is 19.6 Å². The van der Waals surface area contributed by atoms with Crippen molar-refractivity contribution >= 4 is 28.3 Å². The van der Waals surface area contributed by atoms with Crippen molar-refractivity contribution in [2.75, 3.05) is 11.9 Å². The van der Waals surface area contributed by atoms with Gasteiger partial charge < -0.3 is 4.90 Å². The first-order valence-corrected chi connectivity index (χ1v) is 9.79. The number of rotatable bonds is 4.